The maximum atomic E-state index is 10.3. The van der Waals surface area contributed by atoms with Crippen molar-refractivity contribution in [3.63, 3.8) is 0 Å². The zero-order chi connectivity index (χ0) is 14.9. The molecular weight excluding hydrogens is 265 g/mol. The predicted molar refractivity (Wildman–Crippen MR) is 87.1 cm³/mol. The first-order chi connectivity index (χ1) is 9.77. The molecule has 2 heteroatoms. The standard InChI is InChI=1S/C18H34O2/c1-2-3-4-5-6-7-8-9-10-11-12-13-14-15-16-17-18(19)20/h9-10H,2-8,11-17H2,1H3,(H,19,20)/b10-9-/i1+1,2+1,3+1,4+1,5+1,6+1,7+1,8+1,9+1,10+1,11+1,12+1,13+1,14+1,15+1,16+1,17+1. The second-order valence-corrected chi connectivity index (χ2v) is 5.73. The summed E-state index contributed by atoms with van der Waals surface area (Å²) in [6.07, 6.45) is 21.2. The minimum atomic E-state index is -0.664. The highest BCUT2D eigenvalue weighted by molar-refractivity contribution is 5.66. The SMILES string of the molecule is [13CH3][13CH2][13CH2][13CH2][13CH2][13CH2][13CH2][13CH2]/[13CH]=[13CH]\[13CH2][13CH2][13CH2][13CH2][13CH2][13CH2][13CH2]C(=O)O. The van der Waals surface area contributed by atoms with Crippen LogP contribution in [0.15, 0.2) is 12.2 Å². The summed E-state index contributed by atoms with van der Waals surface area (Å²) in [7, 11) is 0. The maximum Gasteiger partial charge on any atom is 0.303 e. The van der Waals surface area contributed by atoms with Crippen molar-refractivity contribution in [2.45, 2.75) is 96.8 Å². The molecule has 2 nitrogen and oxygen atoms in total. The van der Waals surface area contributed by atoms with Gasteiger partial charge in [0.15, 0.2) is 0 Å². The largest absolute Gasteiger partial charge is 0.481 e. The first-order valence-corrected chi connectivity index (χ1v) is 8.64. The van der Waals surface area contributed by atoms with Crippen molar-refractivity contribution in [3.05, 3.63) is 12.2 Å². The molecule has 0 bridgehead atoms. The van der Waals surface area contributed by atoms with Gasteiger partial charge < -0.3 is 5.11 Å². The van der Waals surface area contributed by atoms with Crippen molar-refractivity contribution in [3.8, 4) is 0 Å². The first-order valence-electron chi connectivity index (χ1n) is 8.64. The molecule has 0 fully saturated rings. The summed E-state index contributed by atoms with van der Waals surface area (Å²) < 4.78 is 0. The Bertz CT molecular complexity index is 234. The van der Waals surface area contributed by atoms with Crippen LogP contribution in [-0.2, 0) is 4.79 Å². The monoisotopic (exact) mass is 299 g/mol. The fraction of sp³-hybridized carbons (Fsp3) is 0.833. The summed E-state index contributed by atoms with van der Waals surface area (Å²) in [5.74, 6) is -0.664. The number of hydrogen-bond donors (Lipinski definition) is 1. The summed E-state index contributed by atoms with van der Waals surface area (Å²) in [6.45, 7) is 2.26. The molecule has 118 valence electrons. The molecule has 0 heterocycles. The number of carbonyl (C=O) groups is 1. The Morgan fingerprint density at radius 1 is 0.750 bits per heavy atom. The molecule has 0 saturated carbocycles. The van der Waals surface area contributed by atoms with Crippen molar-refractivity contribution in [2.24, 2.45) is 0 Å². The molecule has 20 heavy (non-hydrogen) atoms. The van der Waals surface area contributed by atoms with Gasteiger partial charge in [-0.3, -0.25) is 4.79 Å². The van der Waals surface area contributed by atoms with Crippen LogP contribution in [0.4, 0.5) is 0 Å². The molecule has 0 aromatic rings. The van der Waals surface area contributed by atoms with E-state index >= 15 is 0 Å². The fourth-order valence-corrected chi connectivity index (χ4v) is 2.35. The molecule has 0 saturated heterocycles. The molecule has 0 aromatic carbocycles. The van der Waals surface area contributed by atoms with Gasteiger partial charge in [-0.2, -0.15) is 0 Å². The summed E-state index contributed by atoms with van der Waals surface area (Å²) in [5, 5.41) is 8.51. The number of unbranched alkanes of at least 4 members (excludes halogenated alkanes) is 11. The molecule has 0 amide bonds. The average Bonchev–Trinajstić information content (AvgIpc) is 2.43. The van der Waals surface area contributed by atoms with E-state index in [-0.39, 0.29) is 0 Å². The van der Waals surface area contributed by atoms with Crippen LogP contribution in [0.1, 0.15) is 96.8 Å². The molecule has 0 atom stereocenters. The Morgan fingerprint density at radius 3 is 1.70 bits per heavy atom. The minimum absolute atomic E-state index is 0.332. The Labute approximate surface area is 125 Å². The van der Waals surface area contributed by atoms with Crippen LogP contribution in [-0.4, -0.2) is 11.1 Å². The van der Waals surface area contributed by atoms with Crippen LogP contribution in [0.3, 0.4) is 0 Å². The Kier molecular flexibility index (Phi) is 15.6. The average molecular weight is 299 g/mol. The summed E-state index contributed by atoms with van der Waals surface area (Å²) in [5.41, 5.74) is 0. The topological polar surface area (TPSA) is 37.3 Å². The van der Waals surface area contributed by atoms with Gasteiger partial charge in [-0.1, -0.05) is 70.4 Å². The van der Waals surface area contributed by atoms with E-state index in [4.69, 9.17) is 5.11 Å². The zero-order valence-electron chi connectivity index (χ0n) is 13.4. The molecule has 0 aromatic heterocycles. The molecular formula is C18H34O2. The predicted octanol–water partition coefficient (Wildman–Crippen LogP) is 6.11. The van der Waals surface area contributed by atoms with Crippen LogP contribution >= 0.6 is 0 Å². The van der Waals surface area contributed by atoms with Gasteiger partial charge in [0.1, 0.15) is 0 Å². The number of carboxylic acids is 1. The van der Waals surface area contributed by atoms with Gasteiger partial charge in [0, 0.05) is 6.42 Å². The second-order valence-electron chi connectivity index (χ2n) is 5.73. The third-order valence-electron chi connectivity index (χ3n) is 3.65. The molecule has 0 aliphatic rings. The second kappa shape index (κ2) is 16.3. The smallest absolute Gasteiger partial charge is 0.303 e. The first kappa shape index (κ1) is 19.2. The maximum absolute atomic E-state index is 10.3. The van der Waals surface area contributed by atoms with Gasteiger partial charge in [0.05, 0.1) is 0 Å². The highest BCUT2D eigenvalue weighted by Gasteiger charge is 1.95. The molecule has 0 spiro atoms. The molecule has 0 radical (unpaired) electrons. The normalized spacial score (nSPS) is 11.2. The quantitative estimate of drug-likeness (QED) is 0.225. The van der Waals surface area contributed by atoms with E-state index in [2.05, 4.69) is 19.1 Å². The Hall–Kier alpha value is -0.790. The van der Waals surface area contributed by atoms with Crippen LogP contribution in [0, 0.1) is 0 Å². The zero-order valence-corrected chi connectivity index (χ0v) is 13.4. The lowest BCUT2D eigenvalue weighted by molar-refractivity contribution is -0.137. The van der Waals surface area contributed by atoms with Gasteiger partial charge >= 0.3 is 5.97 Å². The molecule has 0 aliphatic heterocycles. The van der Waals surface area contributed by atoms with E-state index in [0.717, 1.165) is 12.8 Å². The fourth-order valence-electron chi connectivity index (χ4n) is 2.35. The molecule has 0 aliphatic carbocycles. The van der Waals surface area contributed by atoms with E-state index in [9.17, 15) is 4.79 Å². The lowest BCUT2D eigenvalue weighted by Gasteiger charge is -1.99. The van der Waals surface area contributed by atoms with Gasteiger partial charge in [-0.15, -0.1) is 0 Å². The number of allylic oxidation sites excluding steroid dienone is 2. The van der Waals surface area contributed by atoms with E-state index in [1.165, 1.54) is 70.6 Å². The summed E-state index contributed by atoms with van der Waals surface area (Å²) in [6, 6.07) is 0. The Balaban J connectivity index is 3.07. The highest BCUT2D eigenvalue weighted by Crippen LogP contribution is 2.09. The highest BCUT2D eigenvalue weighted by atomic mass is 16.4. The molecule has 0 rings (SSSR count). The minimum Gasteiger partial charge on any atom is -0.481 e. The van der Waals surface area contributed by atoms with Crippen LogP contribution < -0.4 is 0 Å². The van der Waals surface area contributed by atoms with Crippen molar-refractivity contribution in [1.29, 1.82) is 0 Å². The van der Waals surface area contributed by atoms with E-state index in [1.54, 1.807) is 0 Å². The van der Waals surface area contributed by atoms with Gasteiger partial charge in [0.25, 0.3) is 0 Å². The summed E-state index contributed by atoms with van der Waals surface area (Å²) >= 11 is 0. The van der Waals surface area contributed by atoms with Crippen LogP contribution in [0.5, 0.6) is 0 Å². The van der Waals surface area contributed by atoms with Crippen molar-refractivity contribution in [2.75, 3.05) is 0 Å². The van der Waals surface area contributed by atoms with E-state index in [0.29, 0.717) is 6.42 Å². The number of aliphatic carboxylic acids is 1. The van der Waals surface area contributed by atoms with Crippen molar-refractivity contribution < 1.29 is 9.90 Å². The van der Waals surface area contributed by atoms with Gasteiger partial charge in [-0.25, -0.2) is 0 Å². The molecule has 1 N–H and O–H groups in total. The van der Waals surface area contributed by atoms with E-state index in [1.807, 2.05) is 0 Å². The lowest BCUT2D eigenvalue weighted by atomic mass is 10.9. The Morgan fingerprint density at radius 2 is 1.20 bits per heavy atom. The number of carboxylic acid groups (broad SMARTS) is 1. The lowest BCUT2D eigenvalue weighted by Crippen LogP contribution is -1.93. The number of rotatable bonds is 15. The van der Waals surface area contributed by atoms with Crippen molar-refractivity contribution in [1.82, 2.24) is 0 Å². The van der Waals surface area contributed by atoms with Gasteiger partial charge in [0.2, 0.25) is 0 Å². The summed E-state index contributed by atoms with van der Waals surface area (Å²) in [4.78, 5) is 10.3. The third kappa shape index (κ3) is 17.2. The van der Waals surface area contributed by atoms with Gasteiger partial charge in [-0.05, 0) is 32.1 Å². The molecule has 0 unspecified atom stereocenters. The van der Waals surface area contributed by atoms with Crippen molar-refractivity contribution >= 4 is 5.97 Å². The third-order valence-corrected chi connectivity index (χ3v) is 3.65. The van der Waals surface area contributed by atoms with Crippen LogP contribution in [0.2, 0.25) is 0 Å². The van der Waals surface area contributed by atoms with E-state index < -0.39 is 5.97 Å². The number of hydrogen-bond acceptors (Lipinski definition) is 1. The van der Waals surface area contributed by atoms with Crippen LogP contribution in [0.25, 0.3) is 0 Å².